The van der Waals surface area contributed by atoms with Gasteiger partial charge in [0.25, 0.3) is 0 Å². The van der Waals surface area contributed by atoms with Gasteiger partial charge in [0.05, 0.1) is 28.9 Å². The Kier molecular flexibility index (Phi) is 5.58. The largest absolute Gasteiger partial charge is 0.462 e. The van der Waals surface area contributed by atoms with Gasteiger partial charge in [-0.2, -0.15) is 0 Å². The molecule has 1 aromatic carbocycles. The molecule has 0 aliphatic heterocycles. The van der Waals surface area contributed by atoms with Crippen LogP contribution >= 0.6 is 23.2 Å². The highest BCUT2D eigenvalue weighted by Gasteiger charge is 2.21. The summed E-state index contributed by atoms with van der Waals surface area (Å²) in [6.07, 6.45) is 2.47. The first-order chi connectivity index (χ1) is 12.8. The molecule has 0 saturated carbocycles. The van der Waals surface area contributed by atoms with E-state index in [9.17, 15) is 9.18 Å². The average Bonchev–Trinajstić information content (AvgIpc) is 2.62. The molecule has 0 atom stereocenters. The maximum absolute atomic E-state index is 14.3. The topological polar surface area (TPSA) is 65.0 Å². The number of esters is 1. The SMILES string of the molecule is CCOC(=O)c1cnc2cc(Cl)c(-c3nc(Cl)ncc3F)cc2c1C(C)C. The molecule has 3 rings (SSSR count). The van der Waals surface area contributed by atoms with Crippen molar-refractivity contribution in [3.8, 4) is 11.3 Å². The van der Waals surface area contributed by atoms with E-state index in [1.165, 1.54) is 6.20 Å². The predicted molar refractivity (Wildman–Crippen MR) is 103 cm³/mol. The van der Waals surface area contributed by atoms with Crippen molar-refractivity contribution in [1.82, 2.24) is 15.0 Å². The van der Waals surface area contributed by atoms with Gasteiger partial charge in [-0.15, -0.1) is 0 Å². The van der Waals surface area contributed by atoms with Gasteiger partial charge in [-0.25, -0.2) is 19.2 Å². The van der Waals surface area contributed by atoms with E-state index in [1.807, 2.05) is 13.8 Å². The van der Waals surface area contributed by atoms with E-state index < -0.39 is 11.8 Å². The molecule has 0 radical (unpaired) electrons. The standard InChI is InChI=1S/C19H16Cl2FN3O2/c1-4-27-18(26)12-7-23-15-6-13(20)10(5-11(15)16(12)9(2)3)17-14(22)8-24-19(21)25-17/h5-9H,4H2,1-3H3. The maximum Gasteiger partial charge on any atom is 0.340 e. The fourth-order valence-electron chi connectivity index (χ4n) is 2.94. The second-order valence-corrected chi connectivity index (χ2v) is 6.89. The Bertz CT molecular complexity index is 1040. The van der Waals surface area contributed by atoms with Crippen LogP contribution in [0.3, 0.4) is 0 Å². The molecule has 5 nitrogen and oxygen atoms in total. The summed E-state index contributed by atoms with van der Waals surface area (Å²) in [4.78, 5) is 24.3. The Morgan fingerprint density at radius 2 is 1.96 bits per heavy atom. The molecule has 0 amide bonds. The Morgan fingerprint density at radius 1 is 1.22 bits per heavy atom. The van der Waals surface area contributed by atoms with Gasteiger partial charge in [-0.1, -0.05) is 25.4 Å². The second kappa shape index (κ2) is 7.74. The fourth-order valence-corrected chi connectivity index (χ4v) is 3.32. The van der Waals surface area contributed by atoms with Crippen LogP contribution in [0.5, 0.6) is 0 Å². The highest BCUT2D eigenvalue weighted by molar-refractivity contribution is 6.34. The summed E-state index contributed by atoms with van der Waals surface area (Å²) in [6, 6.07) is 3.28. The van der Waals surface area contributed by atoms with Crippen LogP contribution in [0.4, 0.5) is 4.39 Å². The minimum Gasteiger partial charge on any atom is -0.462 e. The Labute approximate surface area is 165 Å². The predicted octanol–water partition coefficient (Wildman–Crippen LogP) is 5.44. The van der Waals surface area contributed by atoms with Crippen molar-refractivity contribution in [2.45, 2.75) is 26.7 Å². The first kappa shape index (κ1) is 19.5. The highest BCUT2D eigenvalue weighted by Crippen LogP contribution is 2.36. The Morgan fingerprint density at radius 3 is 2.63 bits per heavy atom. The second-order valence-electron chi connectivity index (χ2n) is 6.15. The number of ether oxygens (including phenoxy) is 1. The van der Waals surface area contributed by atoms with E-state index in [0.29, 0.717) is 22.0 Å². The first-order valence-corrected chi connectivity index (χ1v) is 9.06. The van der Waals surface area contributed by atoms with E-state index >= 15 is 0 Å². The number of fused-ring (bicyclic) bond motifs is 1. The molecule has 140 valence electrons. The van der Waals surface area contributed by atoms with Gasteiger partial charge < -0.3 is 4.74 Å². The number of nitrogens with zero attached hydrogens (tertiary/aromatic N) is 3. The molecule has 0 bridgehead atoms. The number of pyridine rings is 1. The Hall–Kier alpha value is -2.31. The van der Waals surface area contributed by atoms with Crippen molar-refractivity contribution < 1.29 is 13.9 Å². The highest BCUT2D eigenvalue weighted by atomic mass is 35.5. The van der Waals surface area contributed by atoms with E-state index in [2.05, 4.69) is 15.0 Å². The number of hydrogen-bond donors (Lipinski definition) is 0. The number of aromatic nitrogens is 3. The molecular formula is C19H16Cl2FN3O2. The molecule has 0 aliphatic rings. The monoisotopic (exact) mass is 407 g/mol. The van der Waals surface area contributed by atoms with Crippen molar-refractivity contribution in [2.24, 2.45) is 0 Å². The molecule has 0 N–H and O–H groups in total. The molecule has 0 spiro atoms. The van der Waals surface area contributed by atoms with Crippen molar-refractivity contribution in [3.05, 3.63) is 51.8 Å². The molecule has 2 aromatic heterocycles. The first-order valence-electron chi connectivity index (χ1n) is 8.31. The lowest BCUT2D eigenvalue weighted by Gasteiger charge is -2.16. The van der Waals surface area contributed by atoms with Crippen molar-refractivity contribution >= 4 is 40.1 Å². The molecule has 0 unspecified atom stereocenters. The van der Waals surface area contributed by atoms with Gasteiger partial charge in [0.2, 0.25) is 5.28 Å². The van der Waals surface area contributed by atoms with E-state index in [4.69, 9.17) is 27.9 Å². The molecule has 27 heavy (non-hydrogen) atoms. The van der Waals surface area contributed by atoms with Gasteiger partial charge in [0.1, 0.15) is 5.69 Å². The van der Waals surface area contributed by atoms with Gasteiger partial charge in [-0.3, -0.25) is 4.98 Å². The molecule has 0 fully saturated rings. The number of halogens is 3. The van der Waals surface area contributed by atoms with Crippen LogP contribution in [0.15, 0.2) is 24.5 Å². The molecule has 0 aliphatic carbocycles. The van der Waals surface area contributed by atoms with Crippen LogP contribution in [0, 0.1) is 5.82 Å². The summed E-state index contributed by atoms with van der Waals surface area (Å²) >= 11 is 12.2. The van der Waals surface area contributed by atoms with Crippen LogP contribution in [0.1, 0.15) is 42.6 Å². The molecule has 3 aromatic rings. The summed E-state index contributed by atoms with van der Waals surface area (Å²) in [7, 11) is 0. The van der Waals surface area contributed by atoms with Gasteiger partial charge >= 0.3 is 5.97 Å². The minimum absolute atomic E-state index is 0.0113. The van der Waals surface area contributed by atoms with Crippen molar-refractivity contribution in [1.29, 1.82) is 0 Å². The third-order valence-electron chi connectivity index (χ3n) is 4.04. The lowest BCUT2D eigenvalue weighted by atomic mass is 9.92. The average molecular weight is 408 g/mol. The summed E-state index contributed by atoms with van der Waals surface area (Å²) in [5, 5.41) is 0.844. The molecular weight excluding hydrogens is 392 g/mol. The number of carbonyl (C=O) groups excluding carboxylic acids is 1. The summed E-state index contributed by atoms with van der Waals surface area (Å²) in [5.74, 6) is -1.12. The number of benzene rings is 1. The molecule has 8 heteroatoms. The third kappa shape index (κ3) is 3.73. The number of hydrogen-bond acceptors (Lipinski definition) is 5. The van der Waals surface area contributed by atoms with Crippen molar-refractivity contribution in [3.63, 3.8) is 0 Å². The lowest BCUT2D eigenvalue weighted by Crippen LogP contribution is -2.10. The third-order valence-corrected chi connectivity index (χ3v) is 4.54. The zero-order valence-corrected chi connectivity index (χ0v) is 16.4. The number of carbonyl (C=O) groups is 1. The summed E-state index contributed by atoms with van der Waals surface area (Å²) < 4.78 is 19.4. The summed E-state index contributed by atoms with van der Waals surface area (Å²) in [6.45, 7) is 5.90. The van der Waals surface area contributed by atoms with E-state index in [-0.39, 0.29) is 28.5 Å². The van der Waals surface area contributed by atoms with E-state index in [1.54, 1.807) is 19.1 Å². The summed E-state index contributed by atoms with van der Waals surface area (Å²) in [5.41, 5.74) is 2.03. The van der Waals surface area contributed by atoms with Crippen molar-refractivity contribution in [2.75, 3.05) is 6.61 Å². The van der Waals surface area contributed by atoms with Crippen LogP contribution in [-0.4, -0.2) is 27.5 Å². The molecule has 0 saturated heterocycles. The number of rotatable bonds is 4. The van der Waals surface area contributed by atoms with Gasteiger partial charge in [0.15, 0.2) is 5.82 Å². The minimum atomic E-state index is -0.652. The zero-order chi connectivity index (χ0) is 19.7. The fraction of sp³-hybridized carbons (Fsp3) is 0.263. The Balaban J connectivity index is 2.33. The lowest BCUT2D eigenvalue weighted by molar-refractivity contribution is 0.0524. The maximum atomic E-state index is 14.3. The van der Waals surface area contributed by atoms with Crippen LogP contribution in [0.25, 0.3) is 22.2 Å². The van der Waals surface area contributed by atoms with Crippen LogP contribution in [-0.2, 0) is 4.74 Å². The quantitative estimate of drug-likeness (QED) is 0.425. The van der Waals surface area contributed by atoms with Gasteiger partial charge in [-0.05, 0) is 42.1 Å². The van der Waals surface area contributed by atoms with Crippen LogP contribution in [0.2, 0.25) is 10.3 Å². The van der Waals surface area contributed by atoms with Crippen LogP contribution < -0.4 is 0 Å². The zero-order valence-electron chi connectivity index (χ0n) is 14.9. The normalized spacial score (nSPS) is 11.2. The molecule has 2 heterocycles. The van der Waals surface area contributed by atoms with Gasteiger partial charge in [0, 0.05) is 17.1 Å². The van der Waals surface area contributed by atoms with E-state index in [0.717, 1.165) is 11.8 Å². The smallest absolute Gasteiger partial charge is 0.340 e.